The van der Waals surface area contributed by atoms with Crippen molar-refractivity contribution >= 4 is 50.9 Å². The van der Waals surface area contributed by atoms with Crippen molar-refractivity contribution in [2.24, 2.45) is 0 Å². The van der Waals surface area contributed by atoms with Gasteiger partial charge in [0.25, 0.3) is 0 Å². The van der Waals surface area contributed by atoms with Crippen LogP contribution in [0.2, 0.25) is 5.02 Å². The lowest BCUT2D eigenvalue weighted by atomic mass is 10.1. The number of rotatable bonds is 6. The van der Waals surface area contributed by atoms with Crippen molar-refractivity contribution in [3.63, 3.8) is 0 Å². The number of amides is 1. The van der Waals surface area contributed by atoms with E-state index in [1.807, 2.05) is 24.3 Å². The lowest BCUT2D eigenvalue weighted by Gasteiger charge is -2.25. The summed E-state index contributed by atoms with van der Waals surface area (Å²) in [6.45, 7) is 4.04. The SMILES string of the molecule is C=CCOc1c(Br)cc([C@@H]2SCC(=O)N2c2ccc(Cl)cc2)cc1OC. The molecule has 1 heterocycles. The molecule has 136 valence electrons. The Bertz CT molecular complexity index is 828. The zero-order valence-electron chi connectivity index (χ0n) is 14.1. The van der Waals surface area contributed by atoms with Gasteiger partial charge in [0.15, 0.2) is 11.5 Å². The van der Waals surface area contributed by atoms with Crippen molar-refractivity contribution in [2.45, 2.75) is 5.37 Å². The molecule has 1 aliphatic heterocycles. The highest BCUT2D eigenvalue weighted by atomic mass is 79.9. The second kappa shape index (κ2) is 8.37. The largest absolute Gasteiger partial charge is 0.493 e. The number of carbonyl (C=O) groups excluding carboxylic acids is 1. The minimum atomic E-state index is -0.151. The fourth-order valence-corrected chi connectivity index (χ4v) is 4.57. The maximum absolute atomic E-state index is 12.5. The monoisotopic (exact) mass is 453 g/mol. The van der Waals surface area contributed by atoms with E-state index in [1.165, 1.54) is 0 Å². The van der Waals surface area contributed by atoms with E-state index in [4.69, 9.17) is 21.1 Å². The summed E-state index contributed by atoms with van der Waals surface area (Å²) >= 11 is 11.1. The molecule has 1 amide bonds. The summed E-state index contributed by atoms with van der Waals surface area (Å²) < 4.78 is 11.9. The van der Waals surface area contributed by atoms with Crippen LogP contribution < -0.4 is 14.4 Å². The van der Waals surface area contributed by atoms with Gasteiger partial charge in [0.2, 0.25) is 5.91 Å². The number of benzene rings is 2. The average molecular weight is 455 g/mol. The number of hydrogen-bond acceptors (Lipinski definition) is 4. The summed E-state index contributed by atoms with van der Waals surface area (Å²) in [4.78, 5) is 14.3. The quantitative estimate of drug-likeness (QED) is 0.544. The number of halogens is 2. The summed E-state index contributed by atoms with van der Waals surface area (Å²) in [5.74, 6) is 1.70. The van der Waals surface area contributed by atoms with Crippen LogP contribution in [0, 0.1) is 0 Å². The second-order valence-corrected chi connectivity index (χ2v) is 7.90. The molecular weight excluding hydrogens is 438 g/mol. The van der Waals surface area contributed by atoms with Crippen molar-refractivity contribution in [3.05, 3.63) is 64.1 Å². The van der Waals surface area contributed by atoms with Gasteiger partial charge >= 0.3 is 0 Å². The highest BCUT2D eigenvalue weighted by molar-refractivity contribution is 9.10. The Hall–Kier alpha value is -1.63. The van der Waals surface area contributed by atoms with Crippen molar-refractivity contribution in [2.75, 3.05) is 24.4 Å². The first-order valence-corrected chi connectivity index (χ1v) is 10.1. The number of anilines is 1. The fourth-order valence-electron chi connectivity index (χ4n) is 2.72. The molecule has 0 spiro atoms. The van der Waals surface area contributed by atoms with Gasteiger partial charge in [-0.05, 0) is 57.9 Å². The second-order valence-electron chi connectivity index (χ2n) is 5.54. The predicted octanol–water partition coefficient (Wildman–Crippen LogP) is 5.45. The molecule has 1 fully saturated rings. The first-order chi connectivity index (χ1) is 12.5. The van der Waals surface area contributed by atoms with Crippen LogP contribution in [0.4, 0.5) is 5.69 Å². The Balaban J connectivity index is 1.98. The minimum Gasteiger partial charge on any atom is -0.493 e. The Kier molecular flexibility index (Phi) is 6.16. The molecule has 0 saturated carbocycles. The van der Waals surface area contributed by atoms with E-state index >= 15 is 0 Å². The van der Waals surface area contributed by atoms with E-state index in [1.54, 1.807) is 42.0 Å². The molecule has 4 nitrogen and oxygen atoms in total. The van der Waals surface area contributed by atoms with E-state index < -0.39 is 0 Å². The Labute approximate surface area is 170 Å². The van der Waals surface area contributed by atoms with Crippen LogP contribution in [0.1, 0.15) is 10.9 Å². The normalized spacial score (nSPS) is 16.7. The Morgan fingerprint density at radius 2 is 2.12 bits per heavy atom. The number of methoxy groups -OCH3 is 1. The van der Waals surface area contributed by atoms with Gasteiger partial charge in [0.1, 0.15) is 12.0 Å². The molecule has 1 aliphatic rings. The summed E-state index contributed by atoms with van der Waals surface area (Å²) in [5.41, 5.74) is 1.77. The zero-order valence-corrected chi connectivity index (χ0v) is 17.2. The summed E-state index contributed by atoms with van der Waals surface area (Å²) in [7, 11) is 1.59. The number of hydrogen-bond donors (Lipinski definition) is 0. The topological polar surface area (TPSA) is 38.8 Å². The maximum Gasteiger partial charge on any atom is 0.238 e. The molecule has 0 N–H and O–H groups in total. The molecule has 0 aliphatic carbocycles. The van der Waals surface area contributed by atoms with E-state index in [0.717, 1.165) is 15.7 Å². The van der Waals surface area contributed by atoms with Gasteiger partial charge in [0, 0.05) is 10.7 Å². The summed E-state index contributed by atoms with van der Waals surface area (Å²) in [5, 5.41) is 0.486. The summed E-state index contributed by atoms with van der Waals surface area (Å²) in [6, 6.07) is 11.1. The smallest absolute Gasteiger partial charge is 0.238 e. The van der Waals surface area contributed by atoms with E-state index in [9.17, 15) is 4.79 Å². The van der Waals surface area contributed by atoms with Crippen molar-refractivity contribution in [1.82, 2.24) is 0 Å². The third-order valence-corrected chi connectivity index (χ3v) is 5.91. The standard InChI is InChI=1S/C19H17BrClNO3S/c1-3-8-25-18-15(20)9-12(10-16(18)24-2)19-22(17(23)11-26-19)14-6-4-13(21)5-7-14/h3-7,9-10,19H,1,8,11H2,2H3/t19-/m0/s1. The molecule has 0 radical (unpaired) electrons. The minimum absolute atomic E-state index is 0.0596. The molecule has 2 aromatic carbocycles. The molecule has 0 aromatic heterocycles. The molecule has 2 aromatic rings. The predicted molar refractivity (Wildman–Crippen MR) is 111 cm³/mol. The molecule has 0 unspecified atom stereocenters. The molecule has 0 bridgehead atoms. The average Bonchev–Trinajstić information content (AvgIpc) is 3.02. The van der Waals surface area contributed by atoms with Crippen molar-refractivity contribution in [1.29, 1.82) is 0 Å². The molecule has 1 saturated heterocycles. The van der Waals surface area contributed by atoms with E-state index in [0.29, 0.717) is 28.9 Å². The van der Waals surface area contributed by atoms with Gasteiger partial charge in [-0.15, -0.1) is 11.8 Å². The van der Waals surface area contributed by atoms with Gasteiger partial charge in [-0.2, -0.15) is 0 Å². The number of thioether (sulfide) groups is 1. The first kappa shape index (κ1) is 19.1. The highest BCUT2D eigenvalue weighted by Crippen LogP contribution is 2.46. The van der Waals surface area contributed by atoms with Crippen LogP contribution in [-0.4, -0.2) is 25.4 Å². The summed E-state index contributed by atoms with van der Waals surface area (Å²) in [6.07, 6.45) is 1.67. The number of nitrogens with zero attached hydrogens (tertiary/aromatic N) is 1. The van der Waals surface area contributed by atoms with Crippen LogP contribution in [0.25, 0.3) is 0 Å². The Morgan fingerprint density at radius 1 is 1.38 bits per heavy atom. The lowest BCUT2D eigenvalue weighted by molar-refractivity contribution is -0.115. The molecule has 7 heteroatoms. The van der Waals surface area contributed by atoms with Gasteiger partial charge in [-0.1, -0.05) is 24.3 Å². The zero-order chi connectivity index (χ0) is 18.7. The number of carbonyl (C=O) groups is 1. The van der Waals surface area contributed by atoms with Crippen LogP contribution >= 0.6 is 39.3 Å². The third-order valence-electron chi connectivity index (χ3n) is 3.86. The van der Waals surface area contributed by atoms with Gasteiger partial charge < -0.3 is 9.47 Å². The van der Waals surface area contributed by atoms with Crippen LogP contribution in [0.3, 0.4) is 0 Å². The van der Waals surface area contributed by atoms with Gasteiger partial charge in [-0.3, -0.25) is 9.69 Å². The number of ether oxygens (including phenoxy) is 2. The third kappa shape index (κ3) is 3.87. The van der Waals surface area contributed by atoms with Crippen LogP contribution in [0.5, 0.6) is 11.5 Å². The molecule has 26 heavy (non-hydrogen) atoms. The van der Waals surface area contributed by atoms with Crippen LogP contribution in [0.15, 0.2) is 53.5 Å². The first-order valence-electron chi connectivity index (χ1n) is 7.85. The van der Waals surface area contributed by atoms with Gasteiger partial charge in [0.05, 0.1) is 17.3 Å². The van der Waals surface area contributed by atoms with Gasteiger partial charge in [-0.25, -0.2) is 0 Å². The molecule has 1 atom stereocenters. The van der Waals surface area contributed by atoms with E-state index in [2.05, 4.69) is 22.5 Å². The van der Waals surface area contributed by atoms with Crippen molar-refractivity contribution < 1.29 is 14.3 Å². The van der Waals surface area contributed by atoms with Crippen LogP contribution in [-0.2, 0) is 4.79 Å². The fraction of sp³-hybridized carbons (Fsp3) is 0.211. The molecule has 3 rings (SSSR count). The van der Waals surface area contributed by atoms with Crippen molar-refractivity contribution in [3.8, 4) is 11.5 Å². The maximum atomic E-state index is 12.5. The Morgan fingerprint density at radius 3 is 2.77 bits per heavy atom. The lowest BCUT2D eigenvalue weighted by Crippen LogP contribution is -2.27. The highest BCUT2D eigenvalue weighted by Gasteiger charge is 2.35. The van der Waals surface area contributed by atoms with E-state index in [-0.39, 0.29) is 11.3 Å². The molecular formula is C19H17BrClNO3S.